The summed E-state index contributed by atoms with van der Waals surface area (Å²) in [5.41, 5.74) is 4.68. The van der Waals surface area contributed by atoms with Crippen LogP contribution in [0.1, 0.15) is 27.0 Å². The molecule has 1 heteroatoms. The fourth-order valence-electron chi connectivity index (χ4n) is 3.33. The average molecular weight is 258 g/mol. The van der Waals surface area contributed by atoms with Gasteiger partial charge >= 0.3 is 0 Å². The van der Waals surface area contributed by atoms with E-state index >= 15 is 0 Å². The summed E-state index contributed by atoms with van der Waals surface area (Å²) in [6.07, 6.45) is 0. The smallest absolute Gasteiger partial charge is 0.193 e. The number of aryl methyl sites for hydroxylation is 2. The molecular formula is C19H14O. The molecule has 1 aliphatic rings. The predicted octanol–water partition coefficient (Wildman–Crippen LogP) is 4.82. The predicted molar refractivity (Wildman–Crippen MR) is 84.3 cm³/mol. The molecule has 0 amide bonds. The van der Waals surface area contributed by atoms with Crippen molar-refractivity contribution in [3.8, 4) is 0 Å². The lowest BCUT2D eigenvalue weighted by atomic mass is 9.81. The van der Waals surface area contributed by atoms with Crippen molar-refractivity contribution in [2.24, 2.45) is 0 Å². The van der Waals surface area contributed by atoms with Gasteiger partial charge in [0.15, 0.2) is 5.78 Å². The van der Waals surface area contributed by atoms with Gasteiger partial charge in [-0.05, 0) is 52.8 Å². The van der Waals surface area contributed by atoms with Gasteiger partial charge in [0.05, 0.1) is 0 Å². The highest BCUT2D eigenvalue weighted by atomic mass is 16.1. The number of hydrogen-bond donors (Lipinski definition) is 0. The van der Waals surface area contributed by atoms with Gasteiger partial charge in [-0.3, -0.25) is 4.79 Å². The third-order valence-corrected chi connectivity index (χ3v) is 4.16. The van der Waals surface area contributed by atoms with Crippen molar-refractivity contribution in [2.45, 2.75) is 13.8 Å². The van der Waals surface area contributed by atoms with E-state index in [2.05, 4.69) is 43.8 Å². The first-order valence-electron chi connectivity index (χ1n) is 6.78. The van der Waals surface area contributed by atoms with E-state index in [0.717, 1.165) is 33.0 Å². The van der Waals surface area contributed by atoms with Crippen LogP contribution < -0.4 is 0 Å². The van der Waals surface area contributed by atoms with E-state index in [1.54, 1.807) is 0 Å². The quantitative estimate of drug-likeness (QED) is 0.417. The Hall–Kier alpha value is -2.41. The van der Waals surface area contributed by atoms with Gasteiger partial charge in [0.2, 0.25) is 0 Å². The van der Waals surface area contributed by atoms with Crippen molar-refractivity contribution in [1.29, 1.82) is 0 Å². The van der Waals surface area contributed by atoms with E-state index in [4.69, 9.17) is 0 Å². The first-order valence-corrected chi connectivity index (χ1v) is 6.78. The van der Waals surface area contributed by atoms with Gasteiger partial charge in [0, 0.05) is 16.5 Å². The zero-order chi connectivity index (χ0) is 14.0. The summed E-state index contributed by atoms with van der Waals surface area (Å²) in [5.74, 6) is 0.0595. The van der Waals surface area contributed by atoms with Crippen molar-refractivity contribution >= 4 is 32.9 Å². The molecule has 0 bridgehead atoms. The number of allylic oxidation sites excluding steroid dienone is 1. The van der Waals surface area contributed by atoms with E-state index < -0.39 is 0 Å². The molecule has 0 heterocycles. The Morgan fingerprint density at radius 2 is 1.30 bits per heavy atom. The van der Waals surface area contributed by atoms with Crippen molar-refractivity contribution < 1.29 is 4.79 Å². The number of hydrogen-bond acceptors (Lipinski definition) is 1. The first kappa shape index (κ1) is 11.4. The van der Waals surface area contributed by atoms with Crippen LogP contribution in [0.25, 0.3) is 27.1 Å². The Balaban J connectivity index is 2.39. The van der Waals surface area contributed by atoms with Crippen molar-refractivity contribution in [3.05, 3.63) is 65.2 Å². The maximum absolute atomic E-state index is 12.6. The maximum atomic E-state index is 12.6. The van der Waals surface area contributed by atoms with Crippen molar-refractivity contribution in [3.63, 3.8) is 0 Å². The molecule has 1 nitrogen and oxygen atoms in total. The van der Waals surface area contributed by atoms with Gasteiger partial charge in [0.25, 0.3) is 0 Å². The van der Waals surface area contributed by atoms with Crippen LogP contribution >= 0.6 is 0 Å². The average Bonchev–Trinajstić information content (AvgIpc) is 2.42. The molecule has 0 saturated heterocycles. The Kier molecular flexibility index (Phi) is 2.04. The molecule has 0 radical (unpaired) electrons. The number of Topliss-reactive ketones (excluding diaryl/α,β-unsaturated/α-hetero) is 1. The highest BCUT2D eigenvalue weighted by molar-refractivity contribution is 6.40. The number of ketones is 1. The van der Waals surface area contributed by atoms with Gasteiger partial charge in [0.1, 0.15) is 0 Å². The number of carbonyl (C=O) groups excluding carboxylic acids is 1. The Labute approximate surface area is 117 Å². The van der Waals surface area contributed by atoms with E-state index in [0.29, 0.717) is 5.57 Å². The van der Waals surface area contributed by atoms with Crippen LogP contribution in [-0.4, -0.2) is 5.78 Å². The van der Waals surface area contributed by atoms with E-state index in [-0.39, 0.29) is 5.78 Å². The molecule has 96 valence electrons. The van der Waals surface area contributed by atoms with E-state index in [1.807, 2.05) is 13.0 Å². The zero-order valence-corrected chi connectivity index (χ0v) is 11.6. The lowest BCUT2D eigenvalue weighted by Crippen LogP contribution is -2.09. The lowest BCUT2D eigenvalue weighted by Gasteiger charge is -2.20. The van der Waals surface area contributed by atoms with Crippen LogP contribution in [0.15, 0.2) is 43.0 Å². The number of rotatable bonds is 0. The van der Waals surface area contributed by atoms with Crippen molar-refractivity contribution in [1.82, 2.24) is 0 Å². The molecule has 20 heavy (non-hydrogen) atoms. The second-order valence-electron chi connectivity index (χ2n) is 5.69. The molecule has 0 N–H and O–H groups in total. The van der Waals surface area contributed by atoms with Gasteiger partial charge < -0.3 is 0 Å². The molecule has 3 aromatic carbocycles. The van der Waals surface area contributed by atoms with Gasteiger partial charge in [-0.25, -0.2) is 0 Å². The Morgan fingerprint density at radius 3 is 1.90 bits per heavy atom. The van der Waals surface area contributed by atoms with Crippen LogP contribution in [0.2, 0.25) is 0 Å². The standard InChI is InChI=1S/C19H14O/c1-10-6-13-4-5-14-7-11(2)9-16-18(14)17(13)15(8-10)12(3)19(16)20/h4-9H,3H2,1-2H3. The fraction of sp³-hybridized carbons (Fsp3) is 0.105. The van der Waals surface area contributed by atoms with Crippen LogP contribution in [-0.2, 0) is 0 Å². The summed E-state index contributed by atoms with van der Waals surface area (Å²) in [6, 6.07) is 12.6. The number of benzene rings is 3. The second kappa shape index (κ2) is 3.57. The minimum atomic E-state index is 0.0595. The fourth-order valence-corrected chi connectivity index (χ4v) is 3.33. The molecule has 1 aliphatic carbocycles. The van der Waals surface area contributed by atoms with Crippen LogP contribution in [0, 0.1) is 13.8 Å². The molecule has 3 aromatic rings. The second-order valence-corrected chi connectivity index (χ2v) is 5.69. The summed E-state index contributed by atoms with van der Waals surface area (Å²) in [6.45, 7) is 8.11. The normalized spacial score (nSPS) is 13.7. The van der Waals surface area contributed by atoms with Gasteiger partial charge in [-0.2, -0.15) is 0 Å². The summed E-state index contributed by atoms with van der Waals surface area (Å²) < 4.78 is 0. The molecule has 0 aromatic heterocycles. The molecule has 4 rings (SSSR count). The highest BCUT2D eigenvalue weighted by Crippen LogP contribution is 2.40. The third-order valence-electron chi connectivity index (χ3n) is 4.16. The highest BCUT2D eigenvalue weighted by Gasteiger charge is 2.25. The molecule has 0 fully saturated rings. The monoisotopic (exact) mass is 258 g/mol. The zero-order valence-electron chi connectivity index (χ0n) is 11.6. The van der Waals surface area contributed by atoms with Crippen LogP contribution in [0.3, 0.4) is 0 Å². The first-order chi connectivity index (χ1) is 9.56. The lowest BCUT2D eigenvalue weighted by molar-refractivity contribution is 0.105. The molecule has 0 spiro atoms. The Bertz CT molecular complexity index is 866. The maximum Gasteiger partial charge on any atom is 0.193 e. The summed E-state index contributed by atoms with van der Waals surface area (Å²) in [7, 11) is 0. The summed E-state index contributed by atoms with van der Waals surface area (Å²) in [5, 5.41) is 4.58. The number of carbonyl (C=O) groups is 1. The van der Waals surface area contributed by atoms with Gasteiger partial charge in [-0.15, -0.1) is 0 Å². The molecule has 0 unspecified atom stereocenters. The molecule has 0 aliphatic heterocycles. The molecular weight excluding hydrogens is 244 g/mol. The molecule has 0 saturated carbocycles. The van der Waals surface area contributed by atoms with E-state index in [9.17, 15) is 4.79 Å². The minimum Gasteiger partial charge on any atom is -0.289 e. The summed E-state index contributed by atoms with van der Waals surface area (Å²) >= 11 is 0. The van der Waals surface area contributed by atoms with Crippen LogP contribution in [0.5, 0.6) is 0 Å². The minimum absolute atomic E-state index is 0.0595. The molecule has 0 atom stereocenters. The largest absolute Gasteiger partial charge is 0.289 e. The topological polar surface area (TPSA) is 17.1 Å². The van der Waals surface area contributed by atoms with Crippen LogP contribution in [0.4, 0.5) is 0 Å². The SMILES string of the molecule is C=C1C(=O)c2cc(C)cc3ccc4cc(C)cc1c4c23. The Morgan fingerprint density at radius 1 is 0.800 bits per heavy atom. The third kappa shape index (κ3) is 1.30. The van der Waals surface area contributed by atoms with Crippen molar-refractivity contribution in [2.75, 3.05) is 0 Å². The van der Waals surface area contributed by atoms with E-state index in [1.165, 1.54) is 10.8 Å². The summed E-state index contributed by atoms with van der Waals surface area (Å²) in [4.78, 5) is 12.6. The van der Waals surface area contributed by atoms with Gasteiger partial charge in [-0.1, -0.05) is 36.9 Å².